The summed E-state index contributed by atoms with van der Waals surface area (Å²) in [5, 5.41) is 2.71. The Bertz CT molecular complexity index is 1290. The molecule has 0 bridgehead atoms. The Morgan fingerprint density at radius 1 is 0.892 bits per heavy atom. The van der Waals surface area contributed by atoms with Gasteiger partial charge in [0.05, 0.1) is 22.8 Å². The van der Waals surface area contributed by atoms with E-state index in [1.807, 2.05) is 13.8 Å². The predicted molar refractivity (Wildman–Crippen MR) is 144 cm³/mol. The highest BCUT2D eigenvalue weighted by atomic mass is 32.2. The zero-order chi connectivity index (χ0) is 26.8. The summed E-state index contributed by atoms with van der Waals surface area (Å²) in [7, 11) is -3.71. The van der Waals surface area contributed by atoms with Gasteiger partial charge in [0.2, 0.25) is 0 Å². The van der Waals surface area contributed by atoms with Crippen molar-refractivity contribution in [2.45, 2.75) is 38.5 Å². The van der Waals surface area contributed by atoms with E-state index in [-0.39, 0.29) is 24.0 Å². The van der Waals surface area contributed by atoms with Crippen LogP contribution in [0.25, 0.3) is 0 Å². The van der Waals surface area contributed by atoms with Gasteiger partial charge in [-0.2, -0.15) is 0 Å². The standard InChI is InChI=1S/C28H32N2O6S/c1-4-6-19-35-28(32)22-9-11-23(12-10-22)29-27(31)20-36-25-15-13-24(14-16-25)30(5-2)37(33,34)26-17-7-21(3)8-18-26/h7-18H,4-6,19-20H2,1-3H3,(H,29,31). The molecule has 0 heterocycles. The Labute approximate surface area is 218 Å². The number of sulfonamides is 1. The monoisotopic (exact) mass is 524 g/mol. The molecule has 1 N–H and O–H groups in total. The third kappa shape index (κ3) is 7.57. The molecule has 9 heteroatoms. The highest BCUT2D eigenvalue weighted by Gasteiger charge is 2.23. The Morgan fingerprint density at radius 2 is 1.54 bits per heavy atom. The van der Waals surface area contributed by atoms with Crippen LogP contribution < -0.4 is 14.4 Å². The molecular weight excluding hydrogens is 492 g/mol. The van der Waals surface area contributed by atoms with Crippen LogP contribution in [-0.2, 0) is 19.6 Å². The number of hydrogen-bond acceptors (Lipinski definition) is 6. The fourth-order valence-corrected chi connectivity index (χ4v) is 4.94. The number of benzene rings is 3. The molecule has 0 unspecified atom stereocenters. The molecule has 0 fully saturated rings. The number of nitrogens with zero attached hydrogens (tertiary/aromatic N) is 1. The van der Waals surface area contributed by atoms with Crippen LogP contribution in [0.15, 0.2) is 77.7 Å². The maximum absolute atomic E-state index is 13.1. The lowest BCUT2D eigenvalue weighted by atomic mass is 10.2. The second-order valence-electron chi connectivity index (χ2n) is 8.38. The molecule has 0 spiro atoms. The average Bonchev–Trinajstić information content (AvgIpc) is 2.89. The Kier molecular flexibility index (Phi) is 9.68. The number of aryl methyl sites for hydroxylation is 1. The van der Waals surface area contributed by atoms with Gasteiger partial charge in [0.25, 0.3) is 15.9 Å². The van der Waals surface area contributed by atoms with Crippen molar-refractivity contribution in [3.05, 3.63) is 83.9 Å². The normalized spacial score (nSPS) is 11.0. The SMILES string of the molecule is CCCCOC(=O)c1ccc(NC(=O)COc2ccc(N(CC)S(=O)(=O)c3ccc(C)cc3)cc2)cc1. The summed E-state index contributed by atoms with van der Waals surface area (Å²) < 4.78 is 38.2. The molecule has 37 heavy (non-hydrogen) atoms. The number of amides is 1. The van der Waals surface area contributed by atoms with Crippen LogP contribution in [-0.4, -0.2) is 40.1 Å². The van der Waals surface area contributed by atoms with Crippen molar-refractivity contribution in [2.75, 3.05) is 29.4 Å². The second-order valence-corrected chi connectivity index (χ2v) is 10.2. The molecule has 0 aliphatic heterocycles. The third-order valence-electron chi connectivity index (χ3n) is 5.53. The van der Waals surface area contributed by atoms with Gasteiger partial charge in [-0.05, 0) is 80.9 Å². The van der Waals surface area contributed by atoms with Crippen LogP contribution in [0.1, 0.15) is 42.6 Å². The van der Waals surface area contributed by atoms with E-state index in [0.29, 0.717) is 29.3 Å². The van der Waals surface area contributed by atoms with Gasteiger partial charge in [-0.25, -0.2) is 13.2 Å². The molecule has 3 aromatic carbocycles. The molecule has 3 rings (SSSR count). The second kappa shape index (κ2) is 12.9. The van der Waals surface area contributed by atoms with Crippen molar-refractivity contribution >= 4 is 33.3 Å². The van der Waals surface area contributed by atoms with Crippen molar-refractivity contribution in [3.63, 3.8) is 0 Å². The van der Waals surface area contributed by atoms with Gasteiger partial charge in [0.1, 0.15) is 5.75 Å². The maximum Gasteiger partial charge on any atom is 0.338 e. The van der Waals surface area contributed by atoms with E-state index in [4.69, 9.17) is 9.47 Å². The first-order chi connectivity index (χ1) is 17.7. The van der Waals surface area contributed by atoms with E-state index in [0.717, 1.165) is 18.4 Å². The number of carbonyl (C=O) groups excluding carboxylic acids is 2. The minimum Gasteiger partial charge on any atom is -0.484 e. The van der Waals surface area contributed by atoms with Crippen LogP contribution in [0.4, 0.5) is 11.4 Å². The van der Waals surface area contributed by atoms with Crippen molar-refractivity contribution in [3.8, 4) is 5.75 Å². The fraction of sp³-hybridized carbons (Fsp3) is 0.286. The summed E-state index contributed by atoms with van der Waals surface area (Å²) >= 11 is 0. The Balaban J connectivity index is 1.55. The number of rotatable bonds is 12. The molecule has 0 saturated heterocycles. The van der Waals surface area contributed by atoms with Gasteiger partial charge in [-0.1, -0.05) is 31.0 Å². The van der Waals surface area contributed by atoms with Gasteiger partial charge in [-0.15, -0.1) is 0 Å². The van der Waals surface area contributed by atoms with E-state index in [1.165, 1.54) is 4.31 Å². The number of carbonyl (C=O) groups is 2. The number of esters is 1. The van der Waals surface area contributed by atoms with Crippen molar-refractivity contribution in [1.82, 2.24) is 0 Å². The number of nitrogens with one attached hydrogen (secondary N) is 1. The first-order valence-corrected chi connectivity index (χ1v) is 13.6. The number of ether oxygens (including phenoxy) is 2. The molecule has 0 aromatic heterocycles. The van der Waals surface area contributed by atoms with Crippen LogP contribution in [0.2, 0.25) is 0 Å². The smallest absolute Gasteiger partial charge is 0.338 e. The van der Waals surface area contributed by atoms with Gasteiger partial charge in [0.15, 0.2) is 6.61 Å². The number of anilines is 2. The zero-order valence-electron chi connectivity index (χ0n) is 21.3. The molecule has 0 aliphatic carbocycles. The highest BCUT2D eigenvalue weighted by Crippen LogP contribution is 2.26. The molecule has 196 valence electrons. The summed E-state index contributed by atoms with van der Waals surface area (Å²) in [6.07, 6.45) is 1.75. The molecule has 8 nitrogen and oxygen atoms in total. The molecule has 1 amide bonds. The summed E-state index contributed by atoms with van der Waals surface area (Å²) in [6.45, 7) is 6.09. The van der Waals surface area contributed by atoms with Gasteiger partial charge < -0.3 is 14.8 Å². The van der Waals surface area contributed by atoms with Gasteiger partial charge in [0, 0.05) is 12.2 Å². The van der Waals surface area contributed by atoms with Gasteiger partial charge >= 0.3 is 5.97 Å². The largest absolute Gasteiger partial charge is 0.484 e. The molecule has 3 aromatic rings. The lowest BCUT2D eigenvalue weighted by Gasteiger charge is -2.23. The number of hydrogen-bond donors (Lipinski definition) is 1. The number of unbranched alkanes of at least 4 members (excludes halogenated alkanes) is 1. The minimum absolute atomic E-state index is 0.221. The highest BCUT2D eigenvalue weighted by molar-refractivity contribution is 7.92. The summed E-state index contributed by atoms with van der Waals surface area (Å²) in [5.74, 6) is -0.348. The predicted octanol–water partition coefficient (Wildman–Crippen LogP) is 5.18. The summed E-state index contributed by atoms with van der Waals surface area (Å²) in [6, 6.07) is 19.7. The molecule has 0 radical (unpaired) electrons. The van der Waals surface area contributed by atoms with Crippen molar-refractivity contribution in [2.24, 2.45) is 0 Å². The first-order valence-electron chi connectivity index (χ1n) is 12.1. The lowest BCUT2D eigenvalue weighted by Crippen LogP contribution is -2.30. The minimum atomic E-state index is -3.71. The van der Waals surface area contributed by atoms with Gasteiger partial charge in [-0.3, -0.25) is 9.10 Å². The average molecular weight is 525 g/mol. The van der Waals surface area contributed by atoms with Crippen LogP contribution in [0.3, 0.4) is 0 Å². The lowest BCUT2D eigenvalue weighted by molar-refractivity contribution is -0.118. The van der Waals surface area contributed by atoms with Crippen molar-refractivity contribution in [1.29, 1.82) is 0 Å². The van der Waals surface area contributed by atoms with E-state index in [1.54, 1.807) is 79.7 Å². The zero-order valence-corrected chi connectivity index (χ0v) is 22.1. The van der Waals surface area contributed by atoms with E-state index >= 15 is 0 Å². The van der Waals surface area contributed by atoms with Crippen LogP contribution in [0.5, 0.6) is 5.75 Å². The topological polar surface area (TPSA) is 102 Å². The summed E-state index contributed by atoms with van der Waals surface area (Å²) in [4.78, 5) is 24.5. The molecule has 0 atom stereocenters. The molecule has 0 aliphatic rings. The van der Waals surface area contributed by atoms with E-state index in [2.05, 4.69) is 5.32 Å². The fourth-order valence-electron chi connectivity index (χ4n) is 3.47. The summed E-state index contributed by atoms with van der Waals surface area (Å²) in [5.41, 5.74) is 2.41. The quantitative estimate of drug-likeness (QED) is 0.259. The molecular formula is C28H32N2O6S. The Morgan fingerprint density at radius 3 is 2.14 bits per heavy atom. The maximum atomic E-state index is 13.1. The Hall–Kier alpha value is -3.85. The van der Waals surface area contributed by atoms with Crippen LogP contribution >= 0.6 is 0 Å². The van der Waals surface area contributed by atoms with E-state index < -0.39 is 16.0 Å². The van der Waals surface area contributed by atoms with Crippen LogP contribution in [0, 0.1) is 6.92 Å². The molecule has 0 saturated carbocycles. The van der Waals surface area contributed by atoms with Crippen molar-refractivity contribution < 1.29 is 27.5 Å². The van der Waals surface area contributed by atoms with E-state index in [9.17, 15) is 18.0 Å². The first kappa shape index (κ1) is 27.7. The third-order valence-corrected chi connectivity index (χ3v) is 7.44.